The number of nitrogens with one attached hydrogen (secondary N) is 2. The minimum absolute atomic E-state index is 0.0773. The number of ether oxygens (including phenoxy) is 1. The van der Waals surface area contributed by atoms with E-state index in [9.17, 15) is 4.79 Å². The van der Waals surface area contributed by atoms with E-state index in [1.165, 1.54) is 0 Å². The Kier molecular flexibility index (Phi) is 6.15. The molecular weight excluding hydrogens is 296 g/mol. The van der Waals surface area contributed by atoms with Crippen molar-refractivity contribution in [1.29, 1.82) is 0 Å². The molecule has 0 bridgehead atoms. The molecule has 0 saturated carbocycles. The molecule has 2 amide bonds. The number of urea groups is 1. The molecule has 0 saturated heterocycles. The third-order valence-electron chi connectivity index (χ3n) is 2.50. The minimum atomic E-state index is -0.204. The van der Waals surface area contributed by atoms with Crippen LogP contribution >= 0.6 is 15.9 Å². The summed E-state index contributed by atoms with van der Waals surface area (Å²) in [5.41, 5.74) is 1.87. The molecule has 0 spiro atoms. The van der Waals surface area contributed by atoms with Crippen molar-refractivity contribution >= 4 is 27.6 Å². The zero-order chi connectivity index (χ0) is 13.5. The molecule has 0 unspecified atom stereocenters. The second kappa shape index (κ2) is 7.38. The number of rotatable bonds is 5. The topological polar surface area (TPSA) is 50.4 Å². The van der Waals surface area contributed by atoms with E-state index in [4.69, 9.17) is 4.74 Å². The van der Waals surface area contributed by atoms with E-state index in [1.54, 1.807) is 7.11 Å². The third-order valence-corrected chi connectivity index (χ3v) is 3.19. The fraction of sp³-hybridized carbons (Fsp3) is 0.462. The predicted octanol–water partition coefficient (Wildman–Crippen LogP) is 3.30. The van der Waals surface area contributed by atoms with Crippen molar-refractivity contribution in [1.82, 2.24) is 5.32 Å². The molecule has 0 aliphatic heterocycles. The number of amides is 2. The maximum absolute atomic E-state index is 11.8. The van der Waals surface area contributed by atoms with Gasteiger partial charge in [-0.05, 0) is 53.9 Å². The molecule has 0 aliphatic carbocycles. The Bertz CT molecular complexity index is 410. The Morgan fingerprint density at radius 1 is 1.50 bits per heavy atom. The number of anilines is 1. The zero-order valence-corrected chi connectivity index (χ0v) is 12.5. The van der Waals surface area contributed by atoms with E-state index in [0.29, 0.717) is 6.61 Å². The molecule has 0 fully saturated rings. The lowest BCUT2D eigenvalue weighted by molar-refractivity contribution is 0.185. The molecule has 18 heavy (non-hydrogen) atoms. The Morgan fingerprint density at radius 2 is 2.22 bits per heavy atom. The van der Waals surface area contributed by atoms with E-state index >= 15 is 0 Å². The maximum Gasteiger partial charge on any atom is 0.319 e. The van der Waals surface area contributed by atoms with Crippen LogP contribution in [0.15, 0.2) is 22.7 Å². The first-order valence-electron chi connectivity index (χ1n) is 5.85. The van der Waals surface area contributed by atoms with Gasteiger partial charge in [0.2, 0.25) is 0 Å². The summed E-state index contributed by atoms with van der Waals surface area (Å²) in [4.78, 5) is 11.8. The number of hydrogen-bond donors (Lipinski definition) is 2. The summed E-state index contributed by atoms with van der Waals surface area (Å²) in [5.74, 6) is 0. The molecule has 0 radical (unpaired) electrons. The van der Waals surface area contributed by atoms with Gasteiger partial charge in [0.25, 0.3) is 0 Å². The highest BCUT2D eigenvalue weighted by Gasteiger charge is 2.08. The van der Waals surface area contributed by atoms with Crippen LogP contribution in [0.1, 0.15) is 18.9 Å². The molecule has 1 aromatic carbocycles. The number of methoxy groups -OCH3 is 1. The number of aryl methyl sites for hydroxylation is 1. The summed E-state index contributed by atoms with van der Waals surface area (Å²) in [7, 11) is 1.65. The van der Waals surface area contributed by atoms with Crippen molar-refractivity contribution < 1.29 is 9.53 Å². The maximum atomic E-state index is 11.8. The van der Waals surface area contributed by atoms with Crippen molar-refractivity contribution in [3.63, 3.8) is 0 Å². The summed E-state index contributed by atoms with van der Waals surface area (Å²) in [6, 6.07) is 5.69. The summed E-state index contributed by atoms with van der Waals surface area (Å²) < 4.78 is 5.84. The van der Waals surface area contributed by atoms with Gasteiger partial charge < -0.3 is 15.4 Å². The molecule has 2 N–H and O–H groups in total. The highest BCUT2D eigenvalue weighted by atomic mass is 79.9. The number of carbonyl (C=O) groups is 1. The van der Waals surface area contributed by atoms with Crippen LogP contribution in [0.25, 0.3) is 0 Å². The lowest BCUT2D eigenvalue weighted by Gasteiger charge is -2.15. The van der Waals surface area contributed by atoms with Crippen molar-refractivity contribution in [2.24, 2.45) is 0 Å². The summed E-state index contributed by atoms with van der Waals surface area (Å²) in [6.07, 6.45) is 0.791. The molecule has 0 aliphatic rings. The van der Waals surface area contributed by atoms with E-state index in [2.05, 4.69) is 26.6 Å². The lowest BCUT2D eigenvalue weighted by Crippen LogP contribution is -2.36. The smallest absolute Gasteiger partial charge is 0.319 e. The van der Waals surface area contributed by atoms with Crippen molar-refractivity contribution in [2.45, 2.75) is 26.3 Å². The highest BCUT2D eigenvalue weighted by molar-refractivity contribution is 9.10. The van der Waals surface area contributed by atoms with E-state index in [1.807, 2.05) is 32.0 Å². The Labute approximate surface area is 116 Å². The Balaban J connectivity index is 2.51. The minimum Gasteiger partial charge on any atom is -0.385 e. The first kappa shape index (κ1) is 15.0. The number of carbonyl (C=O) groups excluding carboxylic acids is 1. The van der Waals surface area contributed by atoms with Crippen LogP contribution in [0.5, 0.6) is 0 Å². The van der Waals surface area contributed by atoms with Gasteiger partial charge in [-0.2, -0.15) is 0 Å². The zero-order valence-electron chi connectivity index (χ0n) is 10.9. The van der Waals surface area contributed by atoms with Crippen molar-refractivity contribution in [3.8, 4) is 0 Å². The van der Waals surface area contributed by atoms with Crippen LogP contribution < -0.4 is 10.6 Å². The first-order chi connectivity index (χ1) is 8.52. The Morgan fingerprint density at radius 3 is 2.89 bits per heavy atom. The van der Waals surface area contributed by atoms with Gasteiger partial charge in [-0.3, -0.25) is 0 Å². The van der Waals surface area contributed by atoms with E-state index in [-0.39, 0.29) is 12.1 Å². The monoisotopic (exact) mass is 314 g/mol. The first-order valence-corrected chi connectivity index (χ1v) is 6.65. The molecular formula is C13H19BrN2O2. The molecule has 0 heterocycles. The molecule has 1 atom stereocenters. The lowest BCUT2D eigenvalue weighted by atomic mass is 10.2. The molecule has 5 heteroatoms. The van der Waals surface area contributed by atoms with Crippen molar-refractivity contribution in [3.05, 3.63) is 28.2 Å². The van der Waals surface area contributed by atoms with Gasteiger partial charge in [0, 0.05) is 24.2 Å². The number of benzene rings is 1. The fourth-order valence-electron chi connectivity index (χ4n) is 1.48. The summed E-state index contributed by atoms with van der Waals surface area (Å²) >= 11 is 3.40. The van der Waals surface area contributed by atoms with Gasteiger partial charge in [-0.15, -0.1) is 0 Å². The van der Waals surface area contributed by atoms with Crippen LogP contribution in [0.4, 0.5) is 10.5 Å². The van der Waals surface area contributed by atoms with Crippen LogP contribution in [-0.2, 0) is 4.74 Å². The van der Waals surface area contributed by atoms with Gasteiger partial charge >= 0.3 is 6.03 Å². The highest BCUT2D eigenvalue weighted by Crippen LogP contribution is 2.23. The van der Waals surface area contributed by atoms with Crippen molar-refractivity contribution in [2.75, 3.05) is 19.0 Å². The average molecular weight is 315 g/mol. The van der Waals surface area contributed by atoms with E-state index < -0.39 is 0 Å². The second-order valence-electron chi connectivity index (χ2n) is 4.26. The fourth-order valence-corrected chi connectivity index (χ4v) is 1.83. The summed E-state index contributed by atoms with van der Waals surface area (Å²) in [5, 5.41) is 5.68. The Hall–Kier alpha value is -1.07. The average Bonchev–Trinajstić information content (AvgIpc) is 2.31. The largest absolute Gasteiger partial charge is 0.385 e. The van der Waals surface area contributed by atoms with Gasteiger partial charge in [-0.25, -0.2) is 4.79 Å². The molecule has 100 valence electrons. The number of halogens is 1. The normalized spacial score (nSPS) is 12.0. The molecule has 1 aromatic rings. The SMILES string of the molecule is COCC[C@H](C)NC(=O)Nc1cc(C)ccc1Br. The van der Waals surface area contributed by atoms with Crippen LogP contribution in [0, 0.1) is 6.92 Å². The quantitative estimate of drug-likeness (QED) is 0.876. The summed E-state index contributed by atoms with van der Waals surface area (Å²) in [6.45, 7) is 4.57. The third kappa shape index (κ3) is 5.06. The van der Waals surface area contributed by atoms with E-state index in [0.717, 1.165) is 22.1 Å². The second-order valence-corrected chi connectivity index (χ2v) is 5.12. The van der Waals surface area contributed by atoms with Gasteiger partial charge in [0.1, 0.15) is 0 Å². The molecule has 4 nitrogen and oxygen atoms in total. The van der Waals surface area contributed by atoms with Gasteiger partial charge in [-0.1, -0.05) is 6.07 Å². The van der Waals surface area contributed by atoms with Crippen LogP contribution in [-0.4, -0.2) is 25.8 Å². The van der Waals surface area contributed by atoms with Gasteiger partial charge in [0.15, 0.2) is 0 Å². The predicted molar refractivity (Wildman–Crippen MR) is 77.0 cm³/mol. The standard InChI is InChI=1S/C13H19BrN2O2/c1-9-4-5-11(14)12(8-9)16-13(17)15-10(2)6-7-18-3/h4-5,8,10H,6-7H2,1-3H3,(H2,15,16,17)/t10-/m0/s1. The van der Waals surface area contributed by atoms with Crippen LogP contribution in [0.2, 0.25) is 0 Å². The van der Waals surface area contributed by atoms with Gasteiger partial charge in [0.05, 0.1) is 5.69 Å². The van der Waals surface area contributed by atoms with Crippen LogP contribution in [0.3, 0.4) is 0 Å². The molecule has 0 aromatic heterocycles. The number of hydrogen-bond acceptors (Lipinski definition) is 2. The molecule has 1 rings (SSSR count).